The summed E-state index contributed by atoms with van der Waals surface area (Å²) in [5.41, 5.74) is -0.182. The Kier molecular flexibility index (Phi) is 6.61. The minimum Gasteiger partial charge on any atom is -0.464 e. The van der Waals surface area contributed by atoms with E-state index in [9.17, 15) is 14.4 Å². The Bertz CT molecular complexity index is 970. The summed E-state index contributed by atoms with van der Waals surface area (Å²) in [5, 5.41) is 12.0. The van der Waals surface area contributed by atoms with E-state index >= 15 is 0 Å². The van der Waals surface area contributed by atoms with Crippen LogP contribution in [-0.4, -0.2) is 77.8 Å². The highest BCUT2D eigenvalue weighted by Gasteiger charge is 2.73. The smallest absolute Gasteiger partial charge is 0.464 e. The van der Waals surface area contributed by atoms with Crippen LogP contribution in [0.25, 0.3) is 0 Å². The molecule has 7 rings (SSSR count). The van der Waals surface area contributed by atoms with Crippen LogP contribution in [0, 0.1) is 23.2 Å². The van der Waals surface area contributed by atoms with E-state index in [4.69, 9.17) is 38.4 Å². The molecule has 0 radical (unpaired) electrons. The molecule has 7 unspecified atom stereocenters. The lowest BCUT2D eigenvalue weighted by Crippen LogP contribution is -2.63. The molecule has 38 heavy (non-hydrogen) atoms. The Morgan fingerprint density at radius 2 is 1.82 bits per heavy atom. The van der Waals surface area contributed by atoms with Crippen LogP contribution in [0.15, 0.2) is 0 Å². The lowest BCUT2D eigenvalue weighted by molar-refractivity contribution is -0.432. The summed E-state index contributed by atoms with van der Waals surface area (Å²) in [5.74, 6) is -1.42. The molecule has 7 fully saturated rings. The second kappa shape index (κ2) is 9.46. The number of esters is 2. The molecule has 7 atom stereocenters. The van der Waals surface area contributed by atoms with Crippen molar-refractivity contribution >= 4 is 30.1 Å². The van der Waals surface area contributed by atoms with Gasteiger partial charge in [-0.15, -0.1) is 4.33 Å². The maximum atomic E-state index is 12.7. The molecule has 14 heteroatoms. The minimum absolute atomic E-state index is 0.0669. The van der Waals surface area contributed by atoms with Crippen molar-refractivity contribution in [2.24, 2.45) is 23.2 Å². The second-order valence-corrected chi connectivity index (χ2v) is 13.0. The molecule has 212 valence electrons. The summed E-state index contributed by atoms with van der Waals surface area (Å²) >= 11 is 0.671. The van der Waals surface area contributed by atoms with E-state index in [0.29, 0.717) is 18.0 Å². The summed E-state index contributed by atoms with van der Waals surface area (Å²) in [6, 6.07) is 0. The van der Waals surface area contributed by atoms with Crippen LogP contribution in [0.1, 0.15) is 52.9 Å². The average Bonchev–Trinajstić information content (AvgIpc) is 3.48. The second-order valence-electron chi connectivity index (χ2n) is 11.7. The Labute approximate surface area is 223 Å². The highest BCUT2D eigenvalue weighted by Crippen LogP contribution is 2.67. The molecule has 7 aliphatic rings. The minimum atomic E-state index is -1.24. The Morgan fingerprint density at radius 3 is 2.50 bits per heavy atom. The number of ether oxygens (including phenoxy) is 7. The first-order valence-electron chi connectivity index (χ1n) is 13.0. The van der Waals surface area contributed by atoms with Crippen LogP contribution in [0.4, 0.5) is 4.79 Å². The highest BCUT2D eigenvalue weighted by atomic mass is 32.2. The molecule has 3 aliphatic heterocycles. The molecule has 4 aliphatic carbocycles. The summed E-state index contributed by atoms with van der Waals surface area (Å²) in [6.07, 6.45) is -0.801. The fourth-order valence-corrected chi connectivity index (χ4v) is 7.88. The van der Waals surface area contributed by atoms with Crippen molar-refractivity contribution < 1.29 is 62.2 Å². The first-order chi connectivity index (χ1) is 18.1. The third-order valence-electron chi connectivity index (χ3n) is 8.82. The number of hydrogen-bond donors (Lipinski definition) is 1. The molecular weight excluding hydrogens is 528 g/mol. The fourth-order valence-electron chi connectivity index (χ4n) is 7.55. The molecule has 1 N–H and O–H groups in total. The van der Waals surface area contributed by atoms with Gasteiger partial charge in [-0.3, -0.25) is 4.79 Å². The van der Waals surface area contributed by atoms with Crippen molar-refractivity contribution in [2.45, 2.75) is 94.1 Å². The van der Waals surface area contributed by atoms with Crippen molar-refractivity contribution in [3.8, 4) is 0 Å². The van der Waals surface area contributed by atoms with Crippen molar-refractivity contribution in [1.82, 2.24) is 0 Å². The van der Waals surface area contributed by atoms with E-state index in [2.05, 4.69) is 9.37 Å². The summed E-state index contributed by atoms with van der Waals surface area (Å²) < 4.78 is 43.8. The molecule has 0 aromatic rings. The van der Waals surface area contributed by atoms with Crippen molar-refractivity contribution in [3.63, 3.8) is 0 Å². The topological polar surface area (TPSA) is 155 Å². The monoisotopic (exact) mass is 560 g/mol. The molecule has 4 bridgehead atoms. The molecule has 3 heterocycles. The zero-order chi connectivity index (χ0) is 26.9. The molecule has 13 nitrogen and oxygen atoms in total. The van der Waals surface area contributed by atoms with Gasteiger partial charge in [-0.2, -0.15) is 0 Å². The van der Waals surface area contributed by atoms with Gasteiger partial charge < -0.3 is 33.2 Å². The van der Waals surface area contributed by atoms with Crippen LogP contribution in [0.3, 0.4) is 0 Å². The first kappa shape index (κ1) is 26.5. The van der Waals surface area contributed by atoms with Crippen LogP contribution >= 0.6 is 12.0 Å². The standard InChI is InChI=1S/C24H32O13S/c1-4-29-21(27)33-16-14-15(31-18(16)25)17-19(32-14)35-24(34-17)12-5-11-6-13(24)9-23(7-11,8-12)10-30-20(26)22(2,3)38-37-36-28/h11-17,19,28H,4-10H2,1-3H3. The predicted octanol–water partition coefficient (Wildman–Crippen LogP) is 2.51. The van der Waals surface area contributed by atoms with Crippen molar-refractivity contribution in [1.29, 1.82) is 0 Å². The number of carbonyl (C=O) groups excluding carboxylic acids is 3. The molecular formula is C24H32O13S. The number of fused-ring (bicyclic) bond motifs is 3. The van der Waals surface area contributed by atoms with E-state index in [1.807, 2.05) is 0 Å². The molecule has 4 saturated carbocycles. The number of rotatable bonds is 8. The zero-order valence-corrected chi connectivity index (χ0v) is 22.1. The van der Waals surface area contributed by atoms with Crippen molar-refractivity contribution in [3.05, 3.63) is 0 Å². The Hall–Kier alpha value is -1.68. The molecule has 0 aromatic heterocycles. The third-order valence-corrected chi connectivity index (χ3v) is 9.54. The third kappa shape index (κ3) is 4.19. The van der Waals surface area contributed by atoms with E-state index in [1.165, 1.54) is 0 Å². The van der Waals surface area contributed by atoms with Gasteiger partial charge >= 0.3 is 18.1 Å². The number of carbonyl (C=O) groups is 3. The normalized spacial score (nSPS) is 44.2. The van der Waals surface area contributed by atoms with Gasteiger partial charge in [0.25, 0.3) is 0 Å². The van der Waals surface area contributed by atoms with Gasteiger partial charge in [0.2, 0.25) is 6.10 Å². The van der Waals surface area contributed by atoms with Crippen LogP contribution in [0.5, 0.6) is 0 Å². The lowest BCUT2D eigenvalue weighted by Gasteiger charge is -2.62. The Balaban J connectivity index is 1.12. The quantitative estimate of drug-likeness (QED) is 0.152. The Morgan fingerprint density at radius 1 is 1.08 bits per heavy atom. The lowest BCUT2D eigenvalue weighted by atomic mass is 9.47. The summed E-state index contributed by atoms with van der Waals surface area (Å²) in [7, 11) is 0. The van der Waals surface area contributed by atoms with E-state index in [-0.39, 0.29) is 30.5 Å². The summed E-state index contributed by atoms with van der Waals surface area (Å²) in [4.78, 5) is 36.9. The van der Waals surface area contributed by atoms with Crippen LogP contribution in [0.2, 0.25) is 0 Å². The molecule has 3 saturated heterocycles. The van der Waals surface area contributed by atoms with Gasteiger partial charge in [-0.05, 0) is 58.8 Å². The maximum Gasteiger partial charge on any atom is 0.509 e. The zero-order valence-electron chi connectivity index (χ0n) is 21.3. The van der Waals surface area contributed by atoms with Gasteiger partial charge in [0.15, 0.2) is 24.3 Å². The maximum absolute atomic E-state index is 12.7. The van der Waals surface area contributed by atoms with Crippen LogP contribution in [-0.2, 0) is 52.1 Å². The van der Waals surface area contributed by atoms with Gasteiger partial charge in [0.1, 0.15) is 10.9 Å². The van der Waals surface area contributed by atoms with E-state index < -0.39 is 59.3 Å². The largest absolute Gasteiger partial charge is 0.509 e. The SMILES string of the molecule is CCOC(=O)OC1C(=O)OC2C3OC4(OC3OC12)C1CC2CC4CC(COC(=O)C(C)(C)SOOO)(C2)C1. The molecule has 0 amide bonds. The molecule has 0 aromatic carbocycles. The van der Waals surface area contributed by atoms with Gasteiger partial charge in [0.05, 0.1) is 25.3 Å². The number of hydrogen-bond acceptors (Lipinski definition) is 14. The fraction of sp³-hybridized carbons (Fsp3) is 0.875. The van der Waals surface area contributed by atoms with Gasteiger partial charge in [-0.1, -0.05) is 5.04 Å². The van der Waals surface area contributed by atoms with E-state index in [1.54, 1.807) is 20.8 Å². The van der Waals surface area contributed by atoms with Crippen LogP contribution < -0.4 is 0 Å². The molecule has 1 spiro atoms. The first-order valence-corrected chi connectivity index (χ1v) is 13.7. The highest BCUT2D eigenvalue weighted by molar-refractivity contribution is 7.96. The van der Waals surface area contributed by atoms with Gasteiger partial charge in [0, 0.05) is 17.3 Å². The predicted molar refractivity (Wildman–Crippen MR) is 123 cm³/mol. The average molecular weight is 561 g/mol. The van der Waals surface area contributed by atoms with E-state index in [0.717, 1.165) is 32.1 Å². The van der Waals surface area contributed by atoms with Gasteiger partial charge in [-0.25, -0.2) is 14.8 Å². The van der Waals surface area contributed by atoms with Crippen molar-refractivity contribution in [2.75, 3.05) is 13.2 Å². The summed E-state index contributed by atoms with van der Waals surface area (Å²) in [6.45, 7) is 5.27.